The van der Waals surface area contributed by atoms with Gasteiger partial charge in [-0.2, -0.15) is 13.8 Å². The van der Waals surface area contributed by atoms with Crippen LogP contribution < -0.4 is 0 Å². The Balaban J connectivity index is 1.44. The minimum Gasteiger partial charge on any atom is -0.491 e. The molecular formula is C26H29F2N3O5. The molecule has 2 heterocycles. The van der Waals surface area contributed by atoms with Crippen LogP contribution in [0.25, 0.3) is 17.0 Å². The predicted octanol–water partition coefficient (Wildman–Crippen LogP) is 4.20. The van der Waals surface area contributed by atoms with Crippen molar-refractivity contribution in [2.24, 2.45) is 0 Å². The van der Waals surface area contributed by atoms with Crippen molar-refractivity contribution in [2.45, 2.75) is 64.1 Å². The Morgan fingerprint density at radius 1 is 1.22 bits per heavy atom. The summed E-state index contributed by atoms with van der Waals surface area (Å²) in [6.45, 7) is 1.55. The van der Waals surface area contributed by atoms with Gasteiger partial charge in [-0.1, -0.05) is 23.4 Å². The van der Waals surface area contributed by atoms with Gasteiger partial charge >= 0.3 is 6.61 Å². The van der Waals surface area contributed by atoms with Gasteiger partial charge < -0.3 is 24.0 Å². The van der Waals surface area contributed by atoms with Crippen LogP contribution in [0.2, 0.25) is 0 Å². The van der Waals surface area contributed by atoms with Gasteiger partial charge in [-0.15, -0.1) is 0 Å². The van der Waals surface area contributed by atoms with Crippen molar-refractivity contribution in [3.05, 3.63) is 52.8 Å². The van der Waals surface area contributed by atoms with Crippen LogP contribution in [0.15, 0.2) is 40.3 Å². The molecule has 192 valence electrons. The molecule has 36 heavy (non-hydrogen) atoms. The van der Waals surface area contributed by atoms with E-state index in [0.29, 0.717) is 49.5 Å². The molecule has 1 spiro atoms. The van der Waals surface area contributed by atoms with E-state index in [0.717, 1.165) is 29.5 Å². The number of amides is 1. The van der Waals surface area contributed by atoms with Crippen molar-refractivity contribution < 1.29 is 32.7 Å². The molecule has 1 aliphatic heterocycles. The van der Waals surface area contributed by atoms with Crippen LogP contribution in [0.5, 0.6) is 0 Å². The highest BCUT2D eigenvalue weighted by Gasteiger charge is 2.48. The number of halogens is 2. The SMILES string of the molecule is CC(C)OC1=C(OC(F)F)C=C(c2nc(-c3cccc4c3CCC43CC(=O)N(CCO)C3)no2)CC1. The number of carbonyl (C=O) groups is 1. The first kappa shape index (κ1) is 24.4. The van der Waals surface area contributed by atoms with Crippen LogP contribution in [0.4, 0.5) is 8.78 Å². The number of hydrogen-bond donors (Lipinski definition) is 1. The summed E-state index contributed by atoms with van der Waals surface area (Å²) >= 11 is 0. The number of allylic oxidation sites excluding steroid dienone is 3. The van der Waals surface area contributed by atoms with Crippen molar-refractivity contribution in [1.29, 1.82) is 0 Å². The zero-order valence-corrected chi connectivity index (χ0v) is 20.3. The average Bonchev–Trinajstić information content (AvgIpc) is 3.53. The normalized spacial score (nSPS) is 21.7. The first-order chi connectivity index (χ1) is 17.3. The van der Waals surface area contributed by atoms with Crippen LogP contribution in [-0.4, -0.2) is 58.5 Å². The first-order valence-electron chi connectivity index (χ1n) is 12.2. The van der Waals surface area contributed by atoms with Gasteiger partial charge in [0, 0.05) is 42.5 Å². The number of fused-ring (bicyclic) bond motifs is 2. The number of alkyl halides is 2. The first-order valence-corrected chi connectivity index (χ1v) is 12.2. The van der Waals surface area contributed by atoms with Gasteiger partial charge in [-0.3, -0.25) is 4.79 Å². The maximum absolute atomic E-state index is 13.0. The Hall–Kier alpha value is -3.27. The quantitative estimate of drug-likeness (QED) is 0.579. The van der Waals surface area contributed by atoms with E-state index in [2.05, 4.69) is 16.2 Å². The Labute approximate surface area is 207 Å². The molecule has 0 saturated carbocycles. The highest BCUT2D eigenvalue weighted by Crippen LogP contribution is 2.48. The van der Waals surface area contributed by atoms with Gasteiger partial charge in [0.1, 0.15) is 5.76 Å². The lowest BCUT2D eigenvalue weighted by molar-refractivity contribution is -0.128. The number of aromatic nitrogens is 2. The molecule has 1 aromatic heterocycles. The van der Waals surface area contributed by atoms with Crippen molar-refractivity contribution in [3.63, 3.8) is 0 Å². The highest BCUT2D eigenvalue weighted by molar-refractivity contribution is 5.82. The number of ether oxygens (including phenoxy) is 2. The fourth-order valence-corrected chi connectivity index (χ4v) is 5.56. The van der Waals surface area contributed by atoms with Crippen LogP contribution in [-0.2, 0) is 26.1 Å². The Kier molecular flexibility index (Phi) is 6.55. The molecule has 0 radical (unpaired) electrons. The number of β-amino-alcohol motifs (C(OH)–C–C–N with tert-alkyl or cyclic N) is 1. The summed E-state index contributed by atoms with van der Waals surface area (Å²) in [5.74, 6) is 1.08. The maximum atomic E-state index is 13.0. The van der Waals surface area contributed by atoms with Crippen LogP contribution in [0.1, 0.15) is 56.5 Å². The fraction of sp³-hybridized carbons (Fsp3) is 0.500. The standard InChI is InChI=1S/C26H29F2N3O5/c1-15(2)34-20-7-6-16(12-21(20)35-25(27)28)24-29-23(30-36-24)18-4-3-5-19-17(18)8-9-26(19)13-22(33)31(14-26)10-11-32/h3-5,12,15,25,32H,6-11,13-14H2,1-2H3. The third kappa shape index (κ3) is 4.50. The Bertz CT molecular complexity index is 1220. The smallest absolute Gasteiger partial charge is 0.387 e. The lowest BCUT2D eigenvalue weighted by atomic mass is 9.80. The van der Waals surface area contributed by atoms with E-state index in [1.165, 1.54) is 6.08 Å². The summed E-state index contributed by atoms with van der Waals surface area (Å²) in [6.07, 6.45) is 4.21. The molecule has 1 fully saturated rings. The predicted molar refractivity (Wildman–Crippen MR) is 126 cm³/mol. The average molecular weight is 502 g/mol. The van der Waals surface area contributed by atoms with E-state index in [-0.39, 0.29) is 35.7 Å². The van der Waals surface area contributed by atoms with Gasteiger partial charge in [-0.05, 0) is 50.3 Å². The zero-order valence-electron chi connectivity index (χ0n) is 20.3. The van der Waals surface area contributed by atoms with Crippen molar-refractivity contribution >= 4 is 11.5 Å². The van der Waals surface area contributed by atoms with E-state index in [9.17, 15) is 18.7 Å². The minimum absolute atomic E-state index is 0.0272. The molecule has 10 heteroatoms. The number of benzene rings is 1. The third-order valence-corrected chi connectivity index (χ3v) is 7.04. The second-order valence-electron chi connectivity index (χ2n) is 9.75. The van der Waals surface area contributed by atoms with Crippen LogP contribution >= 0.6 is 0 Å². The summed E-state index contributed by atoms with van der Waals surface area (Å²) < 4.78 is 41.9. The summed E-state index contributed by atoms with van der Waals surface area (Å²) in [5.41, 5.74) is 3.38. The molecular weight excluding hydrogens is 472 g/mol. The monoisotopic (exact) mass is 501 g/mol. The topological polar surface area (TPSA) is 97.9 Å². The lowest BCUT2D eigenvalue weighted by Crippen LogP contribution is -2.32. The van der Waals surface area contributed by atoms with Crippen LogP contribution in [0.3, 0.4) is 0 Å². The molecule has 2 aliphatic carbocycles. The number of hydrogen-bond acceptors (Lipinski definition) is 7. The number of carbonyl (C=O) groups excluding carboxylic acids is 1. The van der Waals surface area contributed by atoms with E-state index in [1.807, 2.05) is 26.0 Å². The minimum atomic E-state index is -2.98. The summed E-state index contributed by atoms with van der Waals surface area (Å²) in [5, 5.41) is 13.5. The van der Waals surface area contributed by atoms with Gasteiger partial charge in [0.25, 0.3) is 5.89 Å². The van der Waals surface area contributed by atoms with E-state index < -0.39 is 6.61 Å². The number of likely N-dealkylation sites (tertiary alicyclic amines) is 1. The second-order valence-corrected chi connectivity index (χ2v) is 9.75. The molecule has 2 aromatic rings. The molecule has 1 unspecified atom stereocenters. The number of nitrogens with zero attached hydrogens (tertiary/aromatic N) is 3. The molecule has 0 bridgehead atoms. The molecule has 1 saturated heterocycles. The van der Waals surface area contributed by atoms with Crippen LogP contribution in [0, 0.1) is 0 Å². The van der Waals surface area contributed by atoms with E-state index in [1.54, 1.807) is 4.90 Å². The second kappa shape index (κ2) is 9.65. The largest absolute Gasteiger partial charge is 0.491 e. The Morgan fingerprint density at radius 2 is 2.06 bits per heavy atom. The molecule has 1 aromatic carbocycles. The van der Waals surface area contributed by atoms with Gasteiger partial charge in [-0.25, -0.2) is 0 Å². The number of aliphatic hydroxyl groups is 1. The van der Waals surface area contributed by atoms with Gasteiger partial charge in [0.15, 0.2) is 5.76 Å². The molecule has 3 aliphatic rings. The summed E-state index contributed by atoms with van der Waals surface area (Å²) in [4.78, 5) is 18.9. The molecule has 1 atom stereocenters. The van der Waals surface area contributed by atoms with Gasteiger partial charge in [0.2, 0.25) is 11.7 Å². The third-order valence-electron chi connectivity index (χ3n) is 7.04. The molecule has 8 nitrogen and oxygen atoms in total. The highest BCUT2D eigenvalue weighted by atomic mass is 19.3. The number of rotatable bonds is 8. The molecule has 1 N–H and O–H groups in total. The van der Waals surface area contributed by atoms with Crippen molar-refractivity contribution in [1.82, 2.24) is 15.0 Å². The molecule has 5 rings (SSSR count). The zero-order chi connectivity index (χ0) is 25.4. The molecule has 1 amide bonds. The summed E-state index contributed by atoms with van der Waals surface area (Å²) in [6, 6.07) is 5.92. The van der Waals surface area contributed by atoms with E-state index in [4.69, 9.17) is 14.0 Å². The fourth-order valence-electron chi connectivity index (χ4n) is 5.56. The van der Waals surface area contributed by atoms with E-state index >= 15 is 0 Å². The van der Waals surface area contributed by atoms with Crippen molar-refractivity contribution in [3.8, 4) is 11.4 Å². The summed E-state index contributed by atoms with van der Waals surface area (Å²) in [7, 11) is 0. The van der Waals surface area contributed by atoms with Crippen molar-refractivity contribution in [2.75, 3.05) is 19.7 Å². The number of aliphatic hydroxyl groups excluding tert-OH is 1. The Morgan fingerprint density at radius 3 is 2.81 bits per heavy atom. The maximum Gasteiger partial charge on any atom is 0.387 e. The lowest BCUT2D eigenvalue weighted by Gasteiger charge is -2.24. The van der Waals surface area contributed by atoms with Gasteiger partial charge in [0.05, 0.1) is 12.7 Å².